The highest BCUT2D eigenvalue weighted by molar-refractivity contribution is 5.67. The number of aryl methyl sites for hydroxylation is 3. The second-order valence-corrected chi connectivity index (χ2v) is 4.55. The minimum absolute atomic E-state index is 0.111. The molecule has 1 aromatic carbocycles. The van der Waals surface area contributed by atoms with Crippen molar-refractivity contribution in [1.29, 1.82) is 0 Å². The first-order valence-electron chi connectivity index (χ1n) is 5.95. The second-order valence-electron chi connectivity index (χ2n) is 4.55. The summed E-state index contributed by atoms with van der Waals surface area (Å²) in [7, 11) is 0. The van der Waals surface area contributed by atoms with E-state index in [1.165, 1.54) is 12.5 Å². The zero-order valence-corrected chi connectivity index (χ0v) is 11.4. The van der Waals surface area contributed by atoms with E-state index in [2.05, 4.69) is 19.1 Å². The van der Waals surface area contributed by atoms with Crippen LogP contribution in [0.15, 0.2) is 17.7 Å². The Balaban J connectivity index is 3.02. The Bertz CT molecular complexity index is 450. The molecule has 98 valence electrons. The highest BCUT2D eigenvalue weighted by atomic mass is 16.5. The van der Waals surface area contributed by atoms with Crippen LogP contribution in [0.25, 0.3) is 6.08 Å². The average Bonchev–Trinajstić information content (AvgIpc) is 2.26. The summed E-state index contributed by atoms with van der Waals surface area (Å²) in [5.41, 5.74) is 5.30. The Kier molecular flexibility index (Phi) is 5.10. The fourth-order valence-corrected chi connectivity index (χ4v) is 1.95. The van der Waals surface area contributed by atoms with Crippen molar-refractivity contribution in [1.82, 2.24) is 0 Å². The van der Waals surface area contributed by atoms with Crippen molar-refractivity contribution in [3.05, 3.63) is 40.0 Å². The third kappa shape index (κ3) is 4.00. The third-order valence-electron chi connectivity index (χ3n) is 2.75. The lowest BCUT2D eigenvalue weighted by Gasteiger charge is -2.10. The van der Waals surface area contributed by atoms with Gasteiger partial charge in [-0.2, -0.15) is 0 Å². The van der Waals surface area contributed by atoms with Gasteiger partial charge in [0.05, 0.1) is 6.61 Å². The molecule has 0 aliphatic rings. The van der Waals surface area contributed by atoms with Crippen molar-refractivity contribution < 1.29 is 14.6 Å². The van der Waals surface area contributed by atoms with Gasteiger partial charge in [-0.05, 0) is 49.1 Å². The van der Waals surface area contributed by atoms with Gasteiger partial charge in [-0.15, -0.1) is 0 Å². The lowest BCUT2D eigenvalue weighted by atomic mass is 9.98. The fourth-order valence-electron chi connectivity index (χ4n) is 1.95. The van der Waals surface area contributed by atoms with Crippen LogP contribution in [0.2, 0.25) is 0 Å². The first-order valence-corrected chi connectivity index (χ1v) is 5.95. The molecule has 18 heavy (non-hydrogen) atoms. The van der Waals surface area contributed by atoms with Crippen LogP contribution in [-0.4, -0.2) is 24.3 Å². The summed E-state index contributed by atoms with van der Waals surface area (Å²) in [5.74, 6) is -0.341. The predicted octanol–water partition coefficient (Wildman–Crippen LogP) is 2.55. The normalized spacial score (nSPS) is 11.5. The number of esters is 1. The quantitative estimate of drug-likeness (QED) is 0.833. The Morgan fingerprint density at radius 2 is 1.83 bits per heavy atom. The van der Waals surface area contributed by atoms with Gasteiger partial charge in [0.25, 0.3) is 0 Å². The second kappa shape index (κ2) is 6.36. The maximum absolute atomic E-state index is 10.8. The Labute approximate surface area is 108 Å². The molecule has 0 aliphatic heterocycles. The van der Waals surface area contributed by atoms with Gasteiger partial charge in [-0.1, -0.05) is 17.7 Å². The highest BCUT2D eigenvalue weighted by Crippen LogP contribution is 2.19. The molecular weight excluding hydrogens is 228 g/mol. The number of rotatable bonds is 4. The molecule has 0 atom stereocenters. The summed E-state index contributed by atoms with van der Waals surface area (Å²) in [6.07, 6.45) is 1.90. The Morgan fingerprint density at radius 3 is 2.28 bits per heavy atom. The molecule has 3 nitrogen and oxygen atoms in total. The summed E-state index contributed by atoms with van der Waals surface area (Å²) in [4.78, 5) is 10.8. The van der Waals surface area contributed by atoms with Crippen molar-refractivity contribution in [2.45, 2.75) is 27.7 Å². The van der Waals surface area contributed by atoms with Gasteiger partial charge in [0.2, 0.25) is 0 Å². The molecule has 0 bridgehead atoms. The molecule has 0 heterocycles. The minimum atomic E-state index is -0.341. The average molecular weight is 248 g/mol. The summed E-state index contributed by atoms with van der Waals surface area (Å²) in [6, 6.07) is 4.19. The van der Waals surface area contributed by atoms with Crippen LogP contribution in [0.3, 0.4) is 0 Å². The topological polar surface area (TPSA) is 46.5 Å². The van der Waals surface area contributed by atoms with Gasteiger partial charge in [0.15, 0.2) is 0 Å². The molecule has 1 N–H and O–H groups in total. The highest BCUT2D eigenvalue weighted by Gasteiger charge is 2.05. The van der Waals surface area contributed by atoms with E-state index >= 15 is 0 Å². The van der Waals surface area contributed by atoms with Crippen molar-refractivity contribution >= 4 is 12.0 Å². The number of hydrogen-bond donors (Lipinski definition) is 1. The number of benzene rings is 1. The van der Waals surface area contributed by atoms with Gasteiger partial charge in [-0.3, -0.25) is 4.79 Å². The number of aliphatic hydroxyl groups is 1. The van der Waals surface area contributed by atoms with E-state index < -0.39 is 0 Å². The predicted molar refractivity (Wildman–Crippen MR) is 72.3 cm³/mol. The van der Waals surface area contributed by atoms with Crippen LogP contribution >= 0.6 is 0 Å². The van der Waals surface area contributed by atoms with Crippen molar-refractivity contribution in [2.24, 2.45) is 0 Å². The lowest BCUT2D eigenvalue weighted by Crippen LogP contribution is -2.06. The van der Waals surface area contributed by atoms with Crippen molar-refractivity contribution in [2.75, 3.05) is 13.2 Å². The Morgan fingerprint density at radius 1 is 1.28 bits per heavy atom. The maximum Gasteiger partial charge on any atom is 0.302 e. The maximum atomic E-state index is 10.8. The van der Waals surface area contributed by atoms with E-state index in [9.17, 15) is 9.90 Å². The third-order valence-corrected chi connectivity index (χ3v) is 2.75. The molecule has 3 heteroatoms. The van der Waals surface area contributed by atoms with Gasteiger partial charge in [-0.25, -0.2) is 0 Å². The van der Waals surface area contributed by atoms with E-state index in [-0.39, 0.29) is 19.2 Å². The lowest BCUT2D eigenvalue weighted by molar-refractivity contribution is -0.140. The smallest absolute Gasteiger partial charge is 0.302 e. The summed E-state index contributed by atoms with van der Waals surface area (Å²) >= 11 is 0. The van der Waals surface area contributed by atoms with Crippen molar-refractivity contribution in [3.63, 3.8) is 0 Å². The number of carbonyl (C=O) groups excluding carboxylic acids is 1. The molecular formula is C15H20O3. The molecule has 0 unspecified atom stereocenters. The molecule has 1 rings (SSSR count). The number of hydrogen-bond acceptors (Lipinski definition) is 3. The van der Waals surface area contributed by atoms with Gasteiger partial charge in [0, 0.05) is 6.92 Å². The number of aliphatic hydroxyl groups excluding tert-OH is 1. The zero-order chi connectivity index (χ0) is 13.7. The summed E-state index contributed by atoms with van der Waals surface area (Å²) < 4.78 is 4.90. The molecule has 1 aromatic rings. The monoisotopic (exact) mass is 248 g/mol. The summed E-state index contributed by atoms with van der Waals surface area (Å²) in [6.45, 7) is 7.51. The zero-order valence-electron chi connectivity index (χ0n) is 11.4. The molecule has 0 fully saturated rings. The minimum Gasteiger partial charge on any atom is -0.461 e. The van der Waals surface area contributed by atoms with Crippen LogP contribution in [0.1, 0.15) is 29.2 Å². The van der Waals surface area contributed by atoms with Gasteiger partial charge >= 0.3 is 5.97 Å². The molecule has 0 saturated carbocycles. The molecule has 0 radical (unpaired) electrons. The number of ether oxygens (including phenoxy) is 1. The van der Waals surface area contributed by atoms with Gasteiger partial charge in [0.1, 0.15) is 6.61 Å². The van der Waals surface area contributed by atoms with E-state index in [1.54, 1.807) is 0 Å². The molecule has 0 aromatic heterocycles. The fraction of sp³-hybridized carbons (Fsp3) is 0.400. The summed E-state index contributed by atoms with van der Waals surface area (Å²) in [5, 5.41) is 9.28. The van der Waals surface area contributed by atoms with E-state index in [0.717, 1.165) is 16.7 Å². The number of carbonyl (C=O) groups is 1. The molecule has 0 aliphatic carbocycles. The molecule has 0 amide bonds. The standard InChI is InChI=1S/C15H20O3/c1-10-5-11(2)15(12(3)6-10)7-14(8-16)9-18-13(4)17/h5-7,16H,8-9H2,1-4H3/b14-7+. The van der Waals surface area contributed by atoms with Crippen LogP contribution in [0.5, 0.6) is 0 Å². The first kappa shape index (κ1) is 14.5. The van der Waals surface area contributed by atoms with E-state index in [4.69, 9.17) is 4.74 Å². The van der Waals surface area contributed by atoms with Crippen LogP contribution < -0.4 is 0 Å². The molecule has 0 spiro atoms. The van der Waals surface area contributed by atoms with E-state index in [1.807, 2.05) is 19.9 Å². The van der Waals surface area contributed by atoms with E-state index in [0.29, 0.717) is 5.57 Å². The van der Waals surface area contributed by atoms with Crippen LogP contribution in [0, 0.1) is 20.8 Å². The van der Waals surface area contributed by atoms with Gasteiger partial charge < -0.3 is 9.84 Å². The van der Waals surface area contributed by atoms with Crippen LogP contribution in [0.4, 0.5) is 0 Å². The first-order chi connectivity index (χ1) is 8.43. The van der Waals surface area contributed by atoms with Crippen molar-refractivity contribution in [3.8, 4) is 0 Å². The molecule has 0 saturated heterocycles. The van der Waals surface area contributed by atoms with Crippen LogP contribution in [-0.2, 0) is 9.53 Å². The Hall–Kier alpha value is -1.61. The largest absolute Gasteiger partial charge is 0.461 e. The SMILES string of the molecule is CC(=O)OC/C(=C/c1c(C)cc(C)cc1C)CO.